The first-order chi connectivity index (χ1) is 17.1. The molecule has 2 aliphatic heterocycles. The van der Waals surface area contributed by atoms with Gasteiger partial charge in [0.2, 0.25) is 11.8 Å². The van der Waals surface area contributed by atoms with E-state index in [1.807, 2.05) is 0 Å². The van der Waals surface area contributed by atoms with Crippen LogP contribution in [0.5, 0.6) is 0 Å². The summed E-state index contributed by atoms with van der Waals surface area (Å²) in [6.07, 6.45) is 0.689. The van der Waals surface area contributed by atoms with Crippen LogP contribution in [-0.2, 0) is 31.6 Å². The van der Waals surface area contributed by atoms with E-state index >= 15 is 0 Å². The van der Waals surface area contributed by atoms with Crippen molar-refractivity contribution in [2.75, 3.05) is 32.1 Å². The van der Waals surface area contributed by atoms with Gasteiger partial charge < -0.3 is 20.3 Å². The molecule has 192 valence electrons. The number of anilines is 2. The minimum absolute atomic E-state index is 0.0505. The van der Waals surface area contributed by atoms with Crippen molar-refractivity contribution in [3.8, 4) is 0 Å². The summed E-state index contributed by atoms with van der Waals surface area (Å²) < 4.78 is 33.3. The lowest BCUT2D eigenvalue weighted by molar-refractivity contribution is -0.137. The van der Waals surface area contributed by atoms with Crippen molar-refractivity contribution < 1.29 is 27.9 Å². The second-order valence-electron chi connectivity index (χ2n) is 9.84. The Labute approximate surface area is 209 Å². The van der Waals surface area contributed by atoms with E-state index in [2.05, 4.69) is 10.6 Å². The standard InChI is InChI=1S/C27H31F2N3O4/c1-26(28,29)21-5-3-4-6-22(21)31-20-9-7-18(8-10-20)15-30-25(35)27(11-12-36-17-27)14-23(33)19-13-24(34)32(2)16-19/h3-10,19,31H,11-17H2,1-2H3,(H,30,35)/t19?,27-/m0/s1. The summed E-state index contributed by atoms with van der Waals surface area (Å²) in [7, 11) is 1.68. The van der Waals surface area contributed by atoms with E-state index in [1.165, 1.54) is 6.07 Å². The van der Waals surface area contributed by atoms with E-state index in [-0.39, 0.29) is 55.1 Å². The van der Waals surface area contributed by atoms with Crippen LogP contribution in [0.2, 0.25) is 0 Å². The molecule has 2 fully saturated rings. The van der Waals surface area contributed by atoms with Crippen molar-refractivity contribution in [1.29, 1.82) is 0 Å². The first-order valence-corrected chi connectivity index (χ1v) is 12.0. The average molecular weight is 500 g/mol. The van der Waals surface area contributed by atoms with Crippen LogP contribution < -0.4 is 10.6 Å². The van der Waals surface area contributed by atoms with Gasteiger partial charge in [-0.2, -0.15) is 0 Å². The number of ether oxygens (including phenoxy) is 1. The highest BCUT2D eigenvalue weighted by atomic mass is 19.3. The van der Waals surface area contributed by atoms with Crippen molar-refractivity contribution in [2.45, 2.75) is 38.7 Å². The number of hydrogen-bond donors (Lipinski definition) is 2. The number of halogens is 2. The van der Waals surface area contributed by atoms with Crippen molar-refractivity contribution in [2.24, 2.45) is 11.3 Å². The summed E-state index contributed by atoms with van der Waals surface area (Å²) in [4.78, 5) is 39.4. The SMILES string of the molecule is CN1CC(C(=O)C[C@@]2(C(=O)NCc3ccc(Nc4ccccc4C(C)(F)F)cc3)CCOC2)CC1=O. The number of ketones is 1. The molecule has 0 aromatic heterocycles. The molecule has 2 amide bonds. The predicted octanol–water partition coefficient (Wildman–Crippen LogP) is 4.00. The van der Waals surface area contributed by atoms with Crippen molar-refractivity contribution in [3.63, 3.8) is 0 Å². The number of nitrogens with one attached hydrogen (secondary N) is 2. The van der Waals surface area contributed by atoms with E-state index in [1.54, 1.807) is 54.4 Å². The highest BCUT2D eigenvalue weighted by molar-refractivity contribution is 5.94. The van der Waals surface area contributed by atoms with Gasteiger partial charge in [0.05, 0.1) is 12.0 Å². The highest BCUT2D eigenvalue weighted by Crippen LogP contribution is 2.36. The Morgan fingerprint density at radius 3 is 2.50 bits per heavy atom. The van der Waals surface area contributed by atoms with Gasteiger partial charge in [0.15, 0.2) is 0 Å². The molecule has 7 nitrogen and oxygen atoms in total. The van der Waals surface area contributed by atoms with Gasteiger partial charge in [-0.05, 0) is 30.2 Å². The van der Waals surface area contributed by atoms with Crippen molar-refractivity contribution >= 4 is 29.0 Å². The van der Waals surface area contributed by atoms with Crippen LogP contribution in [0.3, 0.4) is 0 Å². The predicted molar refractivity (Wildman–Crippen MR) is 131 cm³/mol. The zero-order chi connectivity index (χ0) is 25.9. The number of Topliss-reactive ketones (excluding diaryl/α,β-unsaturated/α-hetero) is 1. The smallest absolute Gasteiger partial charge is 0.272 e. The Bertz CT molecular complexity index is 1120. The maximum atomic E-state index is 13.9. The molecule has 2 heterocycles. The fraction of sp³-hybridized carbons (Fsp3) is 0.444. The lowest BCUT2D eigenvalue weighted by Crippen LogP contribution is -2.43. The molecule has 2 atom stereocenters. The Morgan fingerprint density at radius 2 is 1.89 bits per heavy atom. The summed E-state index contributed by atoms with van der Waals surface area (Å²) in [5.74, 6) is -3.74. The van der Waals surface area contributed by atoms with Gasteiger partial charge in [-0.25, -0.2) is 8.78 Å². The number of nitrogens with zero attached hydrogens (tertiary/aromatic N) is 1. The molecule has 0 radical (unpaired) electrons. The number of benzene rings is 2. The number of rotatable bonds is 9. The number of hydrogen-bond acceptors (Lipinski definition) is 5. The Kier molecular flexibility index (Phi) is 7.40. The zero-order valence-electron chi connectivity index (χ0n) is 20.5. The topological polar surface area (TPSA) is 87.7 Å². The fourth-order valence-corrected chi connectivity index (χ4v) is 4.77. The van der Waals surface area contributed by atoms with E-state index in [0.717, 1.165) is 12.5 Å². The monoisotopic (exact) mass is 499 g/mol. The molecular formula is C27H31F2N3O4. The molecule has 2 aliphatic rings. The third-order valence-electron chi connectivity index (χ3n) is 6.98. The number of para-hydroxylation sites is 1. The lowest BCUT2D eigenvalue weighted by Gasteiger charge is -2.26. The highest BCUT2D eigenvalue weighted by Gasteiger charge is 2.46. The molecule has 9 heteroatoms. The molecule has 0 spiro atoms. The maximum Gasteiger partial charge on any atom is 0.272 e. The summed E-state index contributed by atoms with van der Waals surface area (Å²) in [5, 5.41) is 5.95. The fourth-order valence-electron chi connectivity index (χ4n) is 4.77. The molecule has 1 unspecified atom stereocenters. The molecule has 0 saturated carbocycles. The first-order valence-electron chi connectivity index (χ1n) is 12.0. The molecule has 36 heavy (non-hydrogen) atoms. The molecule has 0 aliphatic carbocycles. The quantitative estimate of drug-likeness (QED) is 0.545. The third kappa shape index (κ3) is 5.73. The van der Waals surface area contributed by atoms with Crippen LogP contribution in [0.1, 0.15) is 37.3 Å². The molecule has 2 saturated heterocycles. The van der Waals surface area contributed by atoms with E-state index < -0.39 is 11.3 Å². The van der Waals surface area contributed by atoms with Crippen LogP contribution in [0.25, 0.3) is 0 Å². The van der Waals surface area contributed by atoms with Gasteiger partial charge in [0, 0.05) is 69.4 Å². The molecule has 2 N–H and O–H groups in total. The number of carbonyl (C=O) groups excluding carboxylic acids is 3. The molecule has 2 aromatic rings. The summed E-state index contributed by atoms with van der Waals surface area (Å²) >= 11 is 0. The van der Waals surface area contributed by atoms with Crippen LogP contribution in [0.4, 0.5) is 20.2 Å². The average Bonchev–Trinajstić information content (AvgIpc) is 3.45. The number of carbonyl (C=O) groups is 3. The normalized spacial score (nSPS) is 22.1. The number of amides is 2. The summed E-state index contributed by atoms with van der Waals surface area (Å²) in [6.45, 7) is 2.08. The summed E-state index contributed by atoms with van der Waals surface area (Å²) in [6, 6.07) is 13.4. The Morgan fingerprint density at radius 1 is 1.17 bits per heavy atom. The summed E-state index contributed by atoms with van der Waals surface area (Å²) in [5.41, 5.74) is 0.774. The molecular weight excluding hydrogens is 468 g/mol. The second-order valence-corrected chi connectivity index (χ2v) is 9.84. The maximum absolute atomic E-state index is 13.9. The van der Waals surface area contributed by atoms with Gasteiger partial charge in [0.25, 0.3) is 5.92 Å². The zero-order valence-corrected chi connectivity index (χ0v) is 20.5. The van der Waals surface area contributed by atoms with Gasteiger partial charge in [-0.15, -0.1) is 0 Å². The van der Waals surface area contributed by atoms with Gasteiger partial charge in [0.1, 0.15) is 5.78 Å². The van der Waals surface area contributed by atoms with Gasteiger partial charge >= 0.3 is 0 Å². The van der Waals surface area contributed by atoms with E-state index in [4.69, 9.17) is 4.74 Å². The van der Waals surface area contributed by atoms with Crippen molar-refractivity contribution in [3.05, 3.63) is 59.7 Å². The van der Waals surface area contributed by atoms with E-state index in [0.29, 0.717) is 30.9 Å². The third-order valence-corrected chi connectivity index (χ3v) is 6.98. The van der Waals surface area contributed by atoms with Crippen LogP contribution in [-0.4, -0.2) is 49.3 Å². The van der Waals surface area contributed by atoms with Crippen LogP contribution in [0, 0.1) is 11.3 Å². The van der Waals surface area contributed by atoms with Gasteiger partial charge in [-0.3, -0.25) is 14.4 Å². The molecule has 2 aromatic carbocycles. The number of alkyl halides is 2. The van der Waals surface area contributed by atoms with E-state index in [9.17, 15) is 23.2 Å². The first kappa shape index (κ1) is 25.8. The lowest BCUT2D eigenvalue weighted by atomic mass is 9.78. The number of likely N-dealkylation sites (tertiary alicyclic amines) is 1. The molecule has 0 bridgehead atoms. The second kappa shape index (κ2) is 10.3. The van der Waals surface area contributed by atoms with Gasteiger partial charge in [-0.1, -0.05) is 30.3 Å². The van der Waals surface area contributed by atoms with Crippen LogP contribution >= 0.6 is 0 Å². The Balaban J connectivity index is 1.36. The minimum atomic E-state index is -2.97. The minimum Gasteiger partial charge on any atom is -0.380 e. The Hall–Kier alpha value is -3.33. The molecule has 4 rings (SSSR count). The largest absolute Gasteiger partial charge is 0.380 e. The van der Waals surface area contributed by atoms with Crippen LogP contribution in [0.15, 0.2) is 48.5 Å². The van der Waals surface area contributed by atoms with Crippen molar-refractivity contribution in [1.82, 2.24) is 10.2 Å².